The quantitative estimate of drug-likeness (QED) is 0.175. The highest BCUT2D eigenvalue weighted by Crippen LogP contribution is 2.43. The van der Waals surface area contributed by atoms with E-state index in [9.17, 15) is 14.7 Å². The van der Waals surface area contributed by atoms with Gasteiger partial charge in [0.2, 0.25) is 0 Å². The van der Waals surface area contributed by atoms with Crippen LogP contribution in [0.4, 0.5) is 0 Å². The molecule has 0 unspecified atom stereocenters. The van der Waals surface area contributed by atoms with Crippen molar-refractivity contribution in [1.29, 1.82) is 0 Å². The van der Waals surface area contributed by atoms with E-state index in [1.54, 1.807) is 14.2 Å². The fourth-order valence-corrected chi connectivity index (χ4v) is 5.44. The van der Waals surface area contributed by atoms with Gasteiger partial charge in [0.25, 0.3) is 5.56 Å². The Morgan fingerprint density at radius 2 is 1.41 bits per heavy atom. The second-order valence-electron chi connectivity index (χ2n) is 10.2. The van der Waals surface area contributed by atoms with Crippen molar-refractivity contribution < 1.29 is 33.5 Å². The standard InChI is InChI=1S/C33H36N2O9/c1-39-19-20-42-30-29(37)27(44-31(30)35-18-17-28(36)34-32(35)38)21-43-33(22-7-5-4-6-8-22,23-9-13-25(40-2)14-10-23)24-11-15-26(41-3)16-12-24/h4-18,27,29-31,37H,19-21H2,1-3H3,(H,34,36,38)/t27-,29+,30+,31+/m0/s1. The Hall–Kier alpha value is -4.26. The number of ether oxygens (including phenoxy) is 6. The second kappa shape index (κ2) is 14.0. The minimum Gasteiger partial charge on any atom is -0.497 e. The predicted molar refractivity (Wildman–Crippen MR) is 161 cm³/mol. The molecule has 232 valence electrons. The molecule has 11 heteroatoms. The molecule has 3 aromatic carbocycles. The topological polar surface area (TPSA) is 130 Å². The van der Waals surface area contributed by atoms with Gasteiger partial charge in [0.15, 0.2) is 6.23 Å². The Balaban J connectivity index is 1.55. The van der Waals surface area contributed by atoms with E-state index in [4.69, 9.17) is 28.4 Å². The van der Waals surface area contributed by atoms with E-state index in [0.29, 0.717) is 11.5 Å². The van der Waals surface area contributed by atoms with Crippen molar-refractivity contribution in [2.24, 2.45) is 0 Å². The van der Waals surface area contributed by atoms with Gasteiger partial charge in [0, 0.05) is 19.4 Å². The van der Waals surface area contributed by atoms with Crippen LogP contribution in [0.25, 0.3) is 0 Å². The van der Waals surface area contributed by atoms with Gasteiger partial charge in [-0.2, -0.15) is 0 Å². The van der Waals surface area contributed by atoms with E-state index >= 15 is 0 Å². The van der Waals surface area contributed by atoms with Gasteiger partial charge in [0.05, 0.1) is 34.0 Å². The molecule has 0 aliphatic carbocycles. The third-order valence-electron chi connectivity index (χ3n) is 7.67. The van der Waals surface area contributed by atoms with Gasteiger partial charge >= 0.3 is 5.69 Å². The van der Waals surface area contributed by atoms with Gasteiger partial charge in [-0.15, -0.1) is 0 Å². The van der Waals surface area contributed by atoms with Crippen LogP contribution in [-0.2, 0) is 24.5 Å². The number of aliphatic hydroxyl groups is 1. The van der Waals surface area contributed by atoms with Crippen LogP contribution in [0.1, 0.15) is 22.9 Å². The Morgan fingerprint density at radius 3 is 1.95 bits per heavy atom. The highest BCUT2D eigenvalue weighted by Gasteiger charge is 2.48. The molecule has 0 bridgehead atoms. The molecule has 44 heavy (non-hydrogen) atoms. The molecule has 1 aromatic heterocycles. The van der Waals surface area contributed by atoms with E-state index in [0.717, 1.165) is 16.7 Å². The molecule has 2 N–H and O–H groups in total. The van der Waals surface area contributed by atoms with Gasteiger partial charge in [0.1, 0.15) is 35.4 Å². The zero-order valence-corrected chi connectivity index (χ0v) is 24.8. The molecule has 0 spiro atoms. The Bertz CT molecular complexity index is 1560. The van der Waals surface area contributed by atoms with Crippen molar-refractivity contribution in [3.63, 3.8) is 0 Å². The summed E-state index contributed by atoms with van der Waals surface area (Å²) in [6.07, 6.45) is -2.76. The SMILES string of the molecule is COCCO[C@@H]1[C@H](O)[C@H](COC(c2ccccc2)(c2ccc(OC)cc2)c2ccc(OC)cc2)O[C@H]1n1ccc(=O)[nH]c1=O. The lowest BCUT2D eigenvalue weighted by molar-refractivity contribution is -0.0994. The Morgan fingerprint density at radius 1 is 0.818 bits per heavy atom. The number of nitrogens with one attached hydrogen (secondary N) is 1. The predicted octanol–water partition coefficient (Wildman–Crippen LogP) is 2.85. The normalized spacial score (nSPS) is 20.0. The molecule has 11 nitrogen and oxygen atoms in total. The summed E-state index contributed by atoms with van der Waals surface area (Å²) >= 11 is 0. The first kappa shape index (κ1) is 31.2. The fraction of sp³-hybridized carbons (Fsp3) is 0.333. The van der Waals surface area contributed by atoms with Crippen molar-refractivity contribution in [3.8, 4) is 11.5 Å². The molecule has 1 aliphatic heterocycles. The number of nitrogens with zero attached hydrogens (tertiary/aromatic N) is 1. The first-order valence-corrected chi connectivity index (χ1v) is 14.2. The number of hydrogen-bond donors (Lipinski definition) is 2. The number of rotatable bonds is 13. The summed E-state index contributed by atoms with van der Waals surface area (Å²) in [6.45, 7) is 0.325. The lowest BCUT2D eigenvalue weighted by atomic mass is 9.80. The Kier molecular flexibility index (Phi) is 9.93. The third kappa shape index (κ3) is 6.33. The second-order valence-corrected chi connectivity index (χ2v) is 10.2. The van der Waals surface area contributed by atoms with Crippen LogP contribution in [0.5, 0.6) is 11.5 Å². The van der Waals surface area contributed by atoms with Gasteiger partial charge in [-0.3, -0.25) is 14.3 Å². The summed E-state index contributed by atoms with van der Waals surface area (Å²) in [7, 11) is 4.74. The number of aromatic amines is 1. The van der Waals surface area contributed by atoms with Gasteiger partial charge in [-0.05, 0) is 41.0 Å². The van der Waals surface area contributed by atoms with Crippen molar-refractivity contribution in [2.45, 2.75) is 30.1 Å². The smallest absolute Gasteiger partial charge is 0.330 e. The highest BCUT2D eigenvalue weighted by atomic mass is 16.6. The molecular formula is C33H36N2O9. The van der Waals surface area contributed by atoms with Crippen LogP contribution >= 0.6 is 0 Å². The summed E-state index contributed by atoms with van der Waals surface area (Å²) in [6, 6.07) is 26.1. The maximum atomic E-state index is 12.7. The average Bonchev–Trinajstić information content (AvgIpc) is 3.36. The summed E-state index contributed by atoms with van der Waals surface area (Å²) in [5.74, 6) is 1.37. The van der Waals surface area contributed by atoms with E-state index in [-0.39, 0.29) is 19.8 Å². The third-order valence-corrected chi connectivity index (χ3v) is 7.67. The molecule has 4 atom stereocenters. The molecule has 0 amide bonds. The lowest BCUT2D eigenvalue weighted by Gasteiger charge is -2.37. The van der Waals surface area contributed by atoms with Gasteiger partial charge in [-0.1, -0.05) is 54.6 Å². The number of hydrogen-bond acceptors (Lipinski definition) is 9. The van der Waals surface area contributed by atoms with Crippen LogP contribution in [0.15, 0.2) is 101 Å². The molecular weight excluding hydrogens is 568 g/mol. The first-order valence-electron chi connectivity index (χ1n) is 14.2. The van der Waals surface area contributed by atoms with Crippen LogP contribution in [0, 0.1) is 0 Å². The average molecular weight is 605 g/mol. The summed E-state index contributed by atoms with van der Waals surface area (Å²) in [4.78, 5) is 26.7. The van der Waals surface area contributed by atoms with E-state index in [1.165, 1.54) is 23.9 Å². The molecule has 0 radical (unpaired) electrons. The molecule has 1 fully saturated rings. The zero-order chi connectivity index (χ0) is 31.1. The fourth-order valence-electron chi connectivity index (χ4n) is 5.44. The first-order chi connectivity index (χ1) is 21.4. The molecule has 5 rings (SSSR count). The number of aromatic nitrogens is 2. The van der Waals surface area contributed by atoms with Crippen LogP contribution in [0.2, 0.25) is 0 Å². The Labute approximate surface area is 254 Å². The maximum Gasteiger partial charge on any atom is 0.330 e. The van der Waals surface area contributed by atoms with E-state index < -0.39 is 41.4 Å². The monoisotopic (exact) mass is 604 g/mol. The van der Waals surface area contributed by atoms with Crippen molar-refractivity contribution in [3.05, 3.63) is 129 Å². The largest absolute Gasteiger partial charge is 0.497 e. The molecule has 1 aliphatic rings. The lowest BCUT2D eigenvalue weighted by Crippen LogP contribution is -2.41. The van der Waals surface area contributed by atoms with Crippen molar-refractivity contribution >= 4 is 0 Å². The minimum absolute atomic E-state index is 0.0904. The molecule has 4 aromatic rings. The molecule has 1 saturated heterocycles. The minimum atomic E-state index is -1.18. The van der Waals surface area contributed by atoms with Crippen molar-refractivity contribution in [2.75, 3.05) is 41.2 Å². The number of methoxy groups -OCH3 is 3. The summed E-state index contributed by atoms with van der Waals surface area (Å²) in [5.41, 5.74) is 0.0678. The molecule has 0 saturated carbocycles. The zero-order valence-electron chi connectivity index (χ0n) is 24.8. The van der Waals surface area contributed by atoms with E-state index in [2.05, 4.69) is 4.98 Å². The highest BCUT2D eigenvalue weighted by molar-refractivity contribution is 5.49. The number of aliphatic hydroxyl groups excluding tert-OH is 1. The number of benzene rings is 3. The van der Waals surface area contributed by atoms with Crippen molar-refractivity contribution in [1.82, 2.24) is 9.55 Å². The molecule has 2 heterocycles. The maximum absolute atomic E-state index is 12.7. The van der Waals surface area contributed by atoms with Crippen LogP contribution < -0.4 is 20.7 Å². The van der Waals surface area contributed by atoms with Gasteiger partial charge in [-0.25, -0.2) is 4.79 Å². The van der Waals surface area contributed by atoms with Gasteiger partial charge < -0.3 is 33.5 Å². The summed E-state index contributed by atoms with van der Waals surface area (Å²) < 4.78 is 36.2. The van der Waals surface area contributed by atoms with Crippen LogP contribution in [0.3, 0.4) is 0 Å². The van der Waals surface area contributed by atoms with Crippen LogP contribution in [-0.4, -0.2) is 74.1 Å². The van der Waals surface area contributed by atoms with E-state index in [1.807, 2.05) is 78.9 Å². The summed E-state index contributed by atoms with van der Waals surface area (Å²) in [5, 5.41) is 11.5. The number of H-pyrrole nitrogens is 1.